The van der Waals surface area contributed by atoms with Crippen LogP contribution in [0.1, 0.15) is 62.5 Å². The molecule has 4 nitrogen and oxygen atoms in total. The number of aromatic hydroxyl groups is 1. The van der Waals surface area contributed by atoms with Crippen LogP contribution in [0.15, 0.2) is 12.1 Å². The normalized spacial score (nSPS) is 33.3. The van der Waals surface area contributed by atoms with Crippen molar-refractivity contribution >= 4 is 0 Å². The quantitative estimate of drug-likeness (QED) is 0.664. The topological polar surface area (TPSA) is 41.9 Å². The molecule has 0 bridgehead atoms. The van der Waals surface area contributed by atoms with Crippen LogP contribution >= 0.6 is 0 Å². The van der Waals surface area contributed by atoms with E-state index in [4.69, 9.17) is 9.47 Å². The number of aryl methyl sites for hydroxylation is 1. The van der Waals surface area contributed by atoms with Crippen LogP contribution in [0, 0.1) is 23.2 Å². The maximum atomic E-state index is 10.2. The third-order valence-corrected chi connectivity index (χ3v) is 8.51. The van der Waals surface area contributed by atoms with Gasteiger partial charge in [-0.15, -0.1) is 0 Å². The Labute approximate surface area is 176 Å². The van der Waals surface area contributed by atoms with Gasteiger partial charge in [-0.3, -0.25) is 0 Å². The predicted octanol–water partition coefficient (Wildman–Crippen LogP) is 4.84. The lowest BCUT2D eigenvalue weighted by Gasteiger charge is -2.51. The molecule has 1 aromatic carbocycles. The van der Waals surface area contributed by atoms with E-state index in [2.05, 4.69) is 32.0 Å². The molecular formula is C25H39NO3. The Morgan fingerprint density at radius 1 is 1.14 bits per heavy atom. The van der Waals surface area contributed by atoms with Crippen LogP contribution in [0.3, 0.4) is 0 Å². The van der Waals surface area contributed by atoms with Crippen molar-refractivity contribution in [2.75, 3.05) is 41.0 Å². The standard InChI is InChI=1S/C25H39NO3/c1-25-11-9-19-20(7-5-17-15-23(27)24(28-4)16-21(17)19)22(25)8-6-18(25)10-13-29-14-12-26(2)3/h15-16,18-20,22,27H,5-14H2,1-4H3/t18-,19+,20-,22+,25-/m1/s1. The summed E-state index contributed by atoms with van der Waals surface area (Å²) in [6.45, 7) is 5.34. The molecule has 162 valence electrons. The Morgan fingerprint density at radius 3 is 2.72 bits per heavy atom. The van der Waals surface area contributed by atoms with Crippen molar-refractivity contribution < 1.29 is 14.6 Å². The van der Waals surface area contributed by atoms with Gasteiger partial charge >= 0.3 is 0 Å². The zero-order valence-electron chi connectivity index (χ0n) is 18.7. The highest BCUT2D eigenvalue weighted by Crippen LogP contribution is 2.63. The Morgan fingerprint density at radius 2 is 1.97 bits per heavy atom. The number of hydrogen-bond donors (Lipinski definition) is 1. The van der Waals surface area contributed by atoms with Crippen LogP contribution in [0.5, 0.6) is 11.5 Å². The summed E-state index contributed by atoms with van der Waals surface area (Å²) < 4.78 is 11.4. The van der Waals surface area contributed by atoms with Crippen LogP contribution in [-0.4, -0.2) is 51.0 Å². The van der Waals surface area contributed by atoms with E-state index in [-0.39, 0.29) is 0 Å². The molecule has 5 atom stereocenters. The lowest BCUT2D eigenvalue weighted by Crippen LogP contribution is -2.42. The second-order valence-corrected chi connectivity index (χ2v) is 10.2. The molecule has 0 heterocycles. The molecular weight excluding hydrogens is 362 g/mol. The molecule has 0 amide bonds. The molecule has 0 saturated heterocycles. The van der Waals surface area contributed by atoms with Crippen molar-refractivity contribution in [2.45, 2.75) is 57.8 Å². The van der Waals surface area contributed by atoms with E-state index in [9.17, 15) is 5.11 Å². The molecule has 0 aromatic heterocycles. The fourth-order valence-corrected chi connectivity index (χ4v) is 6.91. The monoisotopic (exact) mass is 401 g/mol. The smallest absolute Gasteiger partial charge is 0.160 e. The number of phenols is 1. The highest BCUT2D eigenvalue weighted by atomic mass is 16.5. The third-order valence-electron chi connectivity index (χ3n) is 8.51. The van der Waals surface area contributed by atoms with Crippen LogP contribution < -0.4 is 4.74 Å². The molecule has 0 aliphatic heterocycles. The van der Waals surface area contributed by atoms with E-state index < -0.39 is 0 Å². The average molecular weight is 402 g/mol. The van der Waals surface area contributed by atoms with E-state index in [1.54, 1.807) is 7.11 Å². The van der Waals surface area contributed by atoms with Crippen molar-refractivity contribution in [3.63, 3.8) is 0 Å². The first-order valence-corrected chi connectivity index (χ1v) is 11.6. The molecule has 0 unspecified atom stereocenters. The summed E-state index contributed by atoms with van der Waals surface area (Å²) in [5.74, 6) is 4.00. The van der Waals surface area contributed by atoms with Gasteiger partial charge in [0, 0.05) is 13.2 Å². The molecule has 0 spiro atoms. The van der Waals surface area contributed by atoms with E-state index in [1.165, 1.54) is 49.7 Å². The third kappa shape index (κ3) is 3.90. The SMILES string of the molecule is COc1cc2c(cc1O)CC[C@@H]1[C@@H]2CC[C@]2(C)[C@@H](CCOCCN(C)C)CC[C@@H]12. The molecule has 3 aliphatic carbocycles. The number of nitrogens with zero attached hydrogens (tertiary/aromatic N) is 1. The fourth-order valence-electron chi connectivity index (χ4n) is 6.91. The summed E-state index contributed by atoms with van der Waals surface area (Å²) in [6, 6.07) is 4.09. The van der Waals surface area contributed by atoms with Crippen molar-refractivity contribution in [3.8, 4) is 11.5 Å². The summed E-state index contributed by atoms with van der Waals surface area (Å²) in [7, 11) is 5.86. The lowest BCUT2D eigenvalue weighted by molar-refractivity contribution is 0.0132. The Kier molecular flexibility index (Phi) is 6.13. The molecule has 3 aliphatic rings. The number of rotatable bonds is 7. The second kappa shape index (κ2) is 8.47. The summed E-state index contributed by atoms with van der Waals surface area (Å²) in [5, 5.41) is 10.2. The minimum Gasteiger partial charge on any atom is -0.504 e. The largest absolute Gasteiger partial charge is 0.504 e. The van der Waals surface area contributed by atoms with Crippen molar-refractivity contribution in [2.24, 2.45) is 23.2 Å². The summed E-state index contributed by atoms with van der Waals surface area (Å²) in [5.41, 5.74) is 3.27. The number of fused-ring (bicyclic) bond motifs is 5. The first-order valence-electron chi connectivity index (χ1n) is 11.6. The van der Waals surface area contributed by atoms with Crippen molar-refractivity contribution in [3.05, 3.63) is 23.3 Å². The molecule has 2 saturated carbocycles. The van der Waals surface area contributed by atoms with Crippen LogP contribution in [0.2, 0.25) is 0 Å². The highest BCUT2D eigenvalue weighted by Gasteiger charge is 2.54. The number of ether oxygens (including phenoxy) is 2. The highest BCUT2D eigenvalue weighted by molar-refractivity contribution is 5.49. The molecule has 1 N–H and O–H groups in total. The van der Waals surface area contributed by atoms with E-state index >= 15 is 0 Å². The van der Waals surface area contributed by atoms with Crippen molar-refractivity contribution in [1.29, 1.82) is 0 Å². The van der Waals surface area contributed by atoms with Gasteiger partial charge in [0.1, 0.15) is 0 Å². The van der Waals surface area contributed by atoms with Gasteiger partial charge in [-0.25, -0.2) is 0 Å². The number of phenolic OH excluding ortho intramolecular Hbond substituents is 1. The molecule has 4 heteroatoms. The van der Waals surface area contributed by atoms with Gasteiger partial charge in [-0.05, 0) is 111 Å². The Balaban J connectivity index is 1.44. The van der Waals surface area contributed by atoms with Gasteiger partial charge in [0.15, 0.2) is 11.5 Å². The average Bonchev–Trinajstić information content (AvgIpc) is 3.03. The minimum atomic E-state index is 0.292. The molecule has 0 radical (unpaired) electrons. The van der Waals surface area contributed by atoms with Gasteiger partial charge in [0.05, 0.1) is 13.7 Å². The predicted molar refractivity (Wildman–Crippen MR) is 117 cm³/mol. The zero-order valence-corrected chi connectivity index (χ0v) is 18.7. The fraction of sp³-hybridized carbons (Fsp3) is 0.760. The number of benzene rings is 1. The van der Waals surface area contributed by atoms with E-state index in [0.717, 1.165) is 43.9 Å². The first-order chi connectivity index (χ1) is 13.9. The number of methoxy groups -OCH3 is 1. The van der Waals surface area contributed by atoms with Gasteiger partial charge < -0.3 is 19.5 Å². The first kappa shape index (κ1) is 21.0. The van der Waals surface area contributed by atoms with Crippen LogP contribution in [-0.2, 0) is 11.2 Å². The van der Waals surface area contributed by atoms with E-state index in [0.29, 0.717) is 22.8 Å². The Bertz CT molecular complexity index is 718. The summed E-state index contributed by atoms with van der Waals surface area (Å²) in [6.07, 6.45) is 8.93. The van der Waals surface area contributed by atoms with E-state index in [1.807, 2.05) is 6.07 Å². The van der Waals surface area contributed by atoms with Gasteiger partial charge in [-0.1, -0.05) is 6.92 Å². The zero-order chi connectivity index (χ0) is 20.6. The minimum absolute atomic E-state index is 0.292. The maximum absolute atomic E-state index is 10.2. The maximum Gasteiger partial charge on any atom is 0.160 e. The second-order valence-electron chi connectivity index (χ2n) is 10.2. The molecule has 1 aromatic rings. The lowest BCUT2D eigenvalue weighted by atomic mass is 9.54. The summed E-state index contributed by atoms with van der Waals surface area (Å²) in [4.78, 5) is 2.18. The van der Waals surface area contributed by atoms with Crippen LogP contribution in [0.25, 0.3) is 0 Å². The molecule has 29 heavy (non-hydrogen) atoms. The Hall–Kier alpha value is -1.26. The van der Waals surface area contributed by atoms with Gasteiger partial charge in [-0.2, -0.15) is 0 Å². The molecule has 4 rings (SSSR count). The van der Waals surface area contributed by atoms with Gasteiger partial charge in [0.25, 0.3) is 0 Å². The summed E-state index contributed by atoms with van der Waals surface area (Å²) >= 11 is 0. The number of likely N-dealkylation sites (N-methyl/N-ethyl adjacent to an activating group) is 1. The number of hydrogen-bond acceptors (Lipinski definition) is 4. The molecule has 2 fully saturated rings. The van der Waals surface area contributed by atoms with Crippen LogP contribution in [0.4, 0.5) is 0 Å². The van der Waals surface area contributed by atoms with Gasteiger partial charge in [0.2, 0.25) is 0 Å². The van der Waals surface area contributed by atoms with Crippen molar-refractivity contribution in [1.82, 2.24) is 4.90 Å².